The molecular weight excluding hydrogens is 142 g/mol. The predicted octanol–water partition coefficient (Wildman–Crippen LogP) is 0.849. The molecule has 0 aliphatic carbocycles. The first kappa shape index (κ1) is 7.53. The average Bonchev–Trinajstić information content (AvgIpc) is 2.34. The van der Waals surface area contributed by atoms with Gasteiger partial charge in [-0.3, -0.25) is 5.32 Å². The molecule has 2 fully saturated rings. The second-order valence-corrected chi connectivity index (χ2v) is 3.38. The van der Waals surface area contributed by atoms with Crippen LogP contribution < -0.4 is 5.32 Å². The first-order valence-electron chi connectivity index (χ1n) is 4.38. The van der Waals surface area contributed by atoms with Gasteiger partial charge in [-0.2, -0.15) is 0 Å². The van der Waals surface area contributed by atoms with Gasteiger partial charge in [0, 0.05) is 13.0 Å². The molecule has 3 nitrogen and oxygen atoms in total. The summed E-state index contributed by atoms with van der Waals surface area (Å²) in [6.45, 7) is 3.80. The highest BCUT2D eigenvalue weighted by Crippen LogP contribution is 2.28. The van der Waals surface area contributed by atoms with Crippen LogP contribution in [-0.4, -0.2) is 25.2 Å². The highest BCUT2D eigenvalue weighted by atomic mass is 16.8. The molecule has 0 unspecified atom stereocenters. The number of nitrogens with one attached hydrogen (secondary N) is 1. The molecule has 3 heteroatoms. The van der Waals surface area contributed by atoms with Crippen LogP contribution in [0.3, 0.4) is 0 Å². The molecule has 0 bridgehead atoms. The molecule has 2 aliphatic rings. The lowest BCUT2D eigenvalue weighted by atomic mass is 10.1. The van der Waals surface area contributed by atoms with Crippen molar-refractivity contribution in [3.05, 3.63) is 0 Å². The number of piperidine rings is 1. The number of rotatable bonds is 0. The van der Waals surface area contributed by atoms with Gasteiger partial charge in [0.15, 0.2) is 0 Å². The fraction of sp³-hybridized carbons (Fsp3) is 1.00. The summed E-state index contributed by atoms with van der Waals surface area (Å²) in [5, 5.41) is 3.28. The van der Waals surface area contributed by atoms with E-state index in [1.165, 1.54) is 12.8 Å². The molecule has 2 rings (SSSR count). The Morgan fingerprint density at radius 2 is 2.36 bits per heavy atom. The smallest absolute Gasteiger partial charge is 0.227 e. The van der Waals surface area contributed by atoms with E-state index in [2.05, 4.69) is 5.32 Å². The van der Waals surface area contributed by atoms with Crippen LogP contribution in [0.1, 0.15) is 26.2 Å². The summed E-state index contributed by atoms with van der Waals surface area (Å²) in [6, 6.07) is 0. The van der Waals surface area contributed by atoms with E-state index in [1.54, 1.807) is 0 Å². The SMILES string of the molecule is C[C@@H]1CO[C@@]2(CCCCN2)O1. The predicted molar refractivity (Wildman–Crippen MR) is 41.1 cm³/mol. The van der Waals surface area contributed by atoms with Crippen LogP contribution in [-0.2, 0) is 9.47 Å². The molecule has 2 aliphatic heterocycles. The number of hydrogen-bond acceptors (Lipinski definition) is 3. The molecule has 2 heterocycles. The van der Waals surface area contributed by atoms with Gasteiger partial charge in [-0.15, -0.1) is 0 Å². The monoisotopic (exact) mass is 157 g/mol. The van der Waals surface area contributed by atoms with Crippen molar-refractivity contribution >= 4 is 0 Å². The molecule has 0 aromatic carbocycles. The van der Waals surface area contributed by atoms with E-state index in [9.17, 15) is 0 Å². The van der Waals surface area contributed by atoms with E-state index < -0.39 is 5.91 Å². The highest BCUT2D eigenvalue weighted by Gasteiger charge is 2.40. The fourth-order valence-electron chi connectivity index (χ4n) is 1.72. The molecule has 11 heavy (non-hydrogen) atoms. The molecule has 1 spiro atoms. The summed E-state index contributed by atoms with van der Waals surface area (Å²) < 4.78 is 11.2. The van der Waals surface area contributed by atoms with E-state index in [0.29, 0.717) is 0 Å². The summed E-state index contributed by atoms with van der Waals surface area (Å²) >= 11 is 0. The Morgan fingerprint density at radius 3 is 2.91 bits per heavy atom. The Labute approximate surface area is 67.1 Å². The molecule has 0 aromatic rings. The van der Waals surface area contributed by atoms with Crippen LogP contribution in [0, 0.1) is 0 Å². The zero-order valence-corrected chi connectivity index (χ0v) is 6.93. The minimum atomic E-state index is -0.405. The van der Waals surface area contributed by atoms with Crippen LogP contribution in [0.2, 0.25) is 0 Å². The van der Waals surface area contributed by atoms with Gasteiger partial charge in [0.25, 0.3) is 0 Å². The van der Waals surface area contributed by atoms with E-state index in [0.717, 1.165) is 19.6 Å². The summed E-state index contributed by atoms with van der Waals surface area (Å²) in [5.74, 6) is -0.405. The molecule has 0 aromatic heterocycles. The van der Waals surface area contributed by atoms with Crippen LogP contribution >= 0.6 is 0 Å². The summed E-state index contributed by atoms with van der Waals surface area (Å²) in [7, 11) is 0. The third-order valence-corrected chi connectivity index (χ3v) is 2.27. The first-order chi connectivity index (χ1) is 5.31. The van der Waals surface area contributed by atoms with Gasteiger partial charge in [-0.05, 0) is 19.8 Å². The van der Waals surface area contributed by atoms with Crippen LogP contribution in [0.25, 0.3) is 0 Å². The van der Waals surface area contributed by atoms with Gasteiger partial charge in [-0.25, -0.2) is 0 Å². The standard InChI is InChI=1S/C8H15NO2/c1-7-6-10-8(11-7)4-2-3-5-9-8/h7,9H,2-6H2,1H3/t7-,8+/m1/s1. The maximum Gasteiger partial charge on any atom is 0.227 e. The molecule has 1 N–H and O–H groups in total. The van der Waals surface area contributed by atoms with Crippen molar-refractivity contribution in [2.45, 2.75) is 38.2 Å². The van der Waals surface area contributed by atoms with E-state index in [4.69, 9.17) is 9.47 Å². The van der Waals surface area contributed by atoms with Gasteiger partial charge >= 0.3 is 0 Å². The quantitative estimate of drug-likeness (QED) is 0.565. The molecule has 64 valence electrons. The minimum Gasteiger partial charge on any atom is -0.335 e. The lowest BCUT2D eigenvalue weighted by molar-refractivity contribution is -0.202. The van der Waals surface area contributed by atoms with Crippen LogP contribution in [0.4, 0.5) is 0 Å². The van der Waals surface area contributed by atoms with Crippen molar-refractivity contribution in [1.29, 1.82) is 0 Å². The van der Waals surface area contributed by atoms with Crippen molar-refractivity contribution < 1.29 is 9.47 Å². The molecule has 2 atom stereocenters. The molecule has 0 amide bonds. The lowest BCUT2D eigenvalue weighted by Crippen LogP contribution is -2.49. The van der Waals surface area contributed by atoms with Crippen molar-refractivity contribution in [2.24, 2.45) is 0 Å². The van der Waals surface area contributed by atoms with Gasteiger partial charge < -0.3 is 9.47 Å². The first-order valence-corrected chi connectivity index (χ1v) is 4.38. The number of ether oxygens (including phenoxy) is 2. The van der Waals surface area contributed by atoms with Gasteiger partial charge in [0.2, 0.25) is 5.91 Å². The van der Waals surface area contributed by atoms with Crippen LogP contribution in [0.5, 0.6) is 0 Å². The average molecular weight is 157 g/mol. The second kappa shape index (κ2) is 2.73. The second-order valence-electron chi connectivity index (χ2n) is 3.38. The topological polar surface area (TPSA) is 30.5 Å². The Morgan fingerprint density at radius 1 is 1.45 bits per heavy atom. The Hall–Kier alpha value is -0.120. The van der Waals surface area contributed by atoms with Gasteiger partial charge in [0.05, 0.1) is 12.7 Å². The normalized spacial score (nSPS) is 45.0. The van der Waals surface area contributed by atoms with Crippen molar-refractivity contribution in [3.8, 4) is 0 Å². The Balaban J connectivity index is 1.98. The van der Waals surface area contributed by atoms with Gasteiger partial charge in [-0.1, -0.05) is 0 Å². The molecule has 2 saturated heterocycles. The Kier molecular flexibility index (Phi) is 1.87. The summed E-state index contributed by atoms with van der Waals surface area (Å²) in [6.07, 6.45) is 3.69. The van der Waals surface area contributed by atoms with Crippen LogP contribution in [0.15, 0.2) is 0 Å². The molecule has 0 radical (unpaired) electrons. The van der Waals surface area contributed by atoms with Crippen molar-refractivity contribution in [2.75, 3.05) is 13.2 Å². The largest absolute Gasteiger partial charge is 0.335 e. The third-order valence-electron chi connectivity index (χ3n) is 2.27. The lowest BCUT2D eigenvalue weighted by Gasteiger charge is -2.32. The van der Waals surface area contributed by atoms with Crippen molar-refractivity contribution in [1.82, 2.24) is 5.32 Å². The maximum atomic E-state index is 5.66. The zero-order valence-electron chi connectivity index (χ0n) is 6.93. The van der Waals surface area contributed by atoms with E-state index >= 15 is 0 Å². The van der Waals surface area contributed by atoms with E-state index in [1.807, 2.05) is 6.92 Å². The fourth-order valence-corrected chi connectivity index (χ4v) is 1.72. The highest BCUT2D eigenvalue weighted by molar-refractivity contribution is 4.78. The molecular formula is C8H15NO2. The Bertz CT molecular complexity index is 138. The zero-order chi connectivity index (χ0) is 7.73. The minimum absolute atomic E-state index is 0.251. The molecule has 0 saturated carbocycles. The summed E-state index contributed by atoms with van der Waals surface area (Å²) in [4.78, 5) is 0. The van der Waals surface area contributed by atoms with E-state index in [-0.39, 0.29) is 6.10 Å². The van der Waals surface area contributed by atoms with Crippen molar-refractivity contribution in [3.63, 3.8) is 0 Å². The third kappa shape index (κ3) is 1.41. The maximum absolute atomic E-state index is 5.66. The summed E-state index contributed by atoms with van der Waals surface area (Å²) in [5.41, 5.74) is 0. The van der Waals surface area contributed by atoms with Gasteiger partial charge in [0.1, 0.15) is 0 Å². The number of hydrogen-bond donors (Lipinski definition) is 1.